The van der Waals surface area contributed by atoms with E-state index in [1.54, 1.807) is 7.11 Å². The number of rotatable bonds is 4. The van der Waals surface area contributed by atoms with Crippen LogP contribution in [0.1, 0.15) is 30.0 Å². The van der Waals surface area contributed by atoms with Gasteiger partial charge in [0.05, 0.1) is 12.1 Å². The van der Waals surface area contributed by atoms with Gasteiger partial charge in [0.1, 0.15) is 0 Å². The number of ether oxygens (including phenoxy) is 1. The van der Waals surface area contributed by atoms with Crippen molar-refractivity contribution in [2.75, 3.05) is 7.11 Å². The summed E-state index contributed by atoms with van der Waals surface area (Å²) in [7, 11) is 1.76. The van der Waals surface area contributed by atoms with E-state index in [-0.39, 0.29) is 12.1 Å². The lowest BCUT2D eigenvalue weighted by Gasteiger charge is -2.22. The monoisotopic (exact) mass is 205 g/mol. The lowest BCUT2D eigenvalue weighted by molar-refractivity contribution is 0.0624. The molecular weight excluding hydrogens is 186 g/mol. The SMILES string of the molecule is COC(C1CC1)C(N)c1ccc(C)cc1. The van der Waals surface area contributed by atoms with Gasteiger partial charge in [-0.05, 0) is 31.2 Å². The normalized spacial score (nSPS) is 19.9. The molecule has 0 aromatic heterocycles. The second-order valence-electron chi connectivity index (χ2n) is 4.47. The van der Waals surface area contributed by atoms with Crippen LogP contribution in [0.5, 0.6) is 0 Å². The number of benzene rings is 1. The quantitative estimate of drug-likeness (QED) is 0.819. The van der Waals surface area contributed by atoms with Crippen LogP contribution in [0.15, 0.2) is 24.3 Å². The molecule has 1 fully saturated rings. The molecule has 0 amide bonds. The van der Waals surface area contributed by atoms with Crippen LogP contribution in [-0.2, 0) is 4.74 Å². The molecule has 2 atom stereocenters. The molecule has 2 heteroatoms. The smallest absolute Gasteiger partial charge is 0.0791 e. The molecule has 1 aliphatic rings. The fourth-order valence-corrected chi connectivity index (χ4v) is 2.04. The van der Waals surface area contributed by atoms with Crippen molar-refractivity contribution in [3.63, 3.8) is 0 Å². The summed E-state index contributed by atoms with van der Waals surface area (Å²) in [5.74, 6) is 0.673. The van der Waals surface area contributed by atoms with E-state index in [1.807, 2.05) is 0 Å². The van der Waals surface area contributed by atoms with Crippen molar-refractivity contribution in [1.29, 1.82) is 0 Å². The molecule has 0 bridgehead atoms. The zero-order valence-electron chi connectivity index (χ0n) is 9.44. The first-order valence-electron chi connectivity index (χ1n) is 5.57. The van der Waals surface area contributed by atoms with Gasteiger partial charge in [-0.1, -0.05) is 29.8 Å². The first kappa shape index (κ1) is 10.7. The van der Waals surface area contributed by atoms with Gasteiger partial charge in [0, 0.05) is 7.11 Å². The highest BCUT2D eigenvalue weighted by Crippen LogP contribution is 2.38. The second kappa shape index (κ2) is 4.33. The Morgan fingerprint density at radius 1 is 1.27 bits per heavy atom. The van der Waals surface area contributed by atoms with E-state index in [1.165, 1.54) is 24.0 Å². The van der Waals surface area contributed by atoms with Gasteiger partial charge in [-0.25, -0.2) is 0 Å². The fourth-order valence-electron chi connectivity index (χ4n) is 2.04. The van der Waals surface area contributed by atoms with Gasteiger partial charge in [0.25, 0.3) is 0 Å². The van der Waals surface area contributed by atoms with E-state index in [2.05, 4.69) is 31.2 Å². The molecule has 0 radical (unpaired) electrons. The lowest BCUT2D eigenvalue weighted by Crippen LogP contribution is -2.29. The maximum atomic E-state index is 6.22. The van der Waals surface area contributed by atoms with Gasteiger partial charge in [-0.2, -0.15) is 0 Å². The molecule has 0 aliphatic heterocycles. The van der Waals surface area contributed by atoms with Crippen LogP contribution in [0.2, 0.25) is 0 Å². The molecule has 0 spiro atoms. The summed E-state index contributed by atoms with van der Waals surface area (Å²) in [6, 6.07) is 8.44. The molecule has 1 aromatic rings. The molecule has 2 N–H and O–H groups in total. The van der Waals surface area contributed by atoms with Crippen molar-refractivity contribution in [3.05, 3.63) is 35.4 Å². The largest absolute Gasteiger partial charge is 0.379 e. The van der Waals surface area contributed by atoms with Crippen molar-refractivity contribution in [1.82, 2.24) is 0 Å². The van der Waals surface area contributed by atoms with Gasteiger partial charge >= 0.3 is 0 Å². The van der Waals surface area contributed by atoms with Gasteiger partial charge in [-0.15, -0.1) is 0 Å². The average Bonchev–Trinajstić information content (AvgIpc) is 3.04. The van der Waals surface area contributed by atoms with Crippen LogP contribution >= 0.6 is 0 Å². The van der Waals surface area contributed by atoms with Gasteiger partial charge in [0.15, 0.2) is 0 Å². The summed E-state index contributed by atoms with van der Waals surface area (Å²) in [5, 5.41) is 0. The minimum atomic E-state index is 0.0168. The summed E-state index contributed by atoms with van der Waals surface area (Å²) in [6.45, 7) is 2.09. The summed E-state index contributed by atoms with van der Waals surface area (Å²) in [4.78, 5) is 0. The van der Waals surface area contributed by atoms with Gasteiger partial charge < -0.3 is 10.5 Å². The van der Waals surface area contributed by atoms with E-state index in [0.29, 0.717) is 5.92 Å². The van der Waals surface area contributed by atoms with Crippen LogP contribution in [0.4, 0.5) is 0 Å². The summed E-state index contributed by atoms with van der Waals surface area (Å²) >= 11 is 0. The van der Waals surface area contributed by atoms with Crippen molar-refractivity contribution in [2.45, 2.75) is 31.9 Å². The predicted molar refractivity (Wildman–Crippen MR) is 61.6 cm³/mol. The van der Waals surface area contributed by atoms with E-state index in [4.69, 9.17) is 10.5 Å². The first-order valence-corrected chi connectivity index (χ1v) is 5.57. The van der Waals surface area contributed by atoms with Crippen molar-refractivity contribution in [3.8, 4) is 0 Å². The summed E-state index contributed by atoms with van der Waals surface area (Å²) in [5.41, 5.74) is 8.67. The number of nitrogens with two attached hydrogens (primary N) is 1. The molecule has 2 rings (SSSR count). The number of methoxy groups -OCH3 is 1. The zero-order chi connectivity index (χ0) is 10.8. The molecule has 1 aliphatic carbocycles. The molecule has 0 heterocycles. The Hall–Kier alpha value is -0.860. The Morgan fingerprint density at radius 3 is 2.33 bits per heavy atom. The number of aryl methyl sites for hydroxylation is 1. The molecule has 0 saturated heterocycles. The van der Waals surface area contributed by atoms with Crippen LogP contribution in [0, 0.1) is 12.8 Å². The Morgan fingerprint density at radius 2 is 1.87 bits per heavy atom. The minimum absolute atomic E-state index is 0.0168. The highest BCUT2D eigenvalue weighted by atomic mass is 16.5. The third-order valence-electron chi connectivity index (χ3n) is 3.17. The standard InChI is InChI=1S/C13H19NO/c1-9-3-5-10(6-4-9)12(14)13(15-2)11-7-8-11/h3-6,11-13H,7-8,14H2,1-2H3. The molecule has 82 valence electrons. The first-order chi connectivity index (χ1) is 7.22. The van der Waals surface area contributed by atoms with E-state index in [0.717, 1.165) is 0 Å². The Bertz CT molecular complexity index is 316. The zero-order valence-corrected chi connectivity index (χ0v) is 9.44. The lowest BCUT2D eigenvalue weighted by atomic mass is 9.98. The molecule has 15 heavy (non-hydrogen) atoms. The molecule has 1 aromatic carbocycles. The third-order valence-corrected chi connectivity index (χ3v) is 3.17. The Labute approximate surface area is 91.4 Å². The average molecular weight is 205 g/mol. The predicted octanol–water partition coefficient (Wildman–Crippen LogP) is 2.42. The van der Waals surface area contributed by atoms with Crippen LogP contribution < -0.4 is 5.73 Å². The summed E-state index contributed by atoms with van der Waals surface area (Å²) < 4.78 is 5.50. The minimum Gasteiger partial charge on any atom is -0.379 e. The molecule has 1 saturated carbocycles. The van der Waals surface area contributed by atoms with Crippen molar-refractivity contribution >= 4 is 0 Å². The molecular formula is C13H19NO. The number of hydrogen-bond donors (Lipinski definition) is 1. The third kappa shape index (κ3) is 2.39. The maximum Gasteiger partial charge on any atom is 0.0791 e. The van der Waals surface area contributed by atoms with Crippen molar-refractivity contribution in [2.24, 2.45) is 11.7 Å². The fraction of sp³-hybridized carbons (Fsp3) is 0.538. The Kier molecular flexibility index (Phi) is 3.08. The molecule has 2 nitrogen and oxygen atoms in total. The van der Waals surface area contributed by atoms with Gasteiger partial charge in [0.2, 0.25) is 0 Å². The van der Waals surface area contributed by atoms with E-state index in [9.17, 15) is 0 Å². The van der Waals surface area contributed by atoms with E-state index >= 15 is 0 Å². The highest BCUT2D eigenvalue weighted by molar-refractivity contribution is 5.25. The highest BCUT2D eigenvalue weighted by Gasteiger charge is 2.35. The van der Waals surface area contributed by atoms with Crippen LogP contribution in [0.3, 0.4) is 0 Å². The van der Waals surface area contributed by atoms with Gasteiger partial charge in [-0.3, -0.25) is 0 Å². The topological polar surface area (TPSA) is 35.2 Å². The van der Waals surface area contributed by atoms with Crippen LogP contribution in [0.25, 0.3) is 0 Å². The maximum absolute atomic E-state index is 6.22. The molecule has 2 unspecified atom stereocenters. The number of hydrogen-bond acceptors (Lipinski definition) is 2. The second-order valence-corrected chi connectivity index (χ2v) is 4.47. The van der Waals surface area contributed by atoms with Crippen molar-refractivity contribution < 1.29 is 4.74 Å². The summed E-state index contributed by atoms with van der Waals surface area (Å²) in [6.07, 6.45) is 2.71. The van der Waals surface area contributed by atoms with Crippen LogP contribution in [-0.4, -0.2) is 13.2 Å². The van der Waals surface area contributed by atoms with E-state index < -0.39 is 0 Å². The Balaban J connectivity index is 2.11.